The number of aryl methyl sites for hydroxylation is 1. The molecule has 6 nitrogen and oxygen atoms in total. The van der Waals surface area contributed by atoms with Crippen molar-refractivity contribution < 1.29 is 17.6 Å². The number of benzene rings is 2. The first-order chi connectivity index (χ1) is 14.3. The number of nitrogens with zero attached hydrogens (tertiary/aromatic N) is 3. The lowest BCUT2D eigenvalue weighted by atomic mass is 10.1. The summed E-state index contributed by atoms with van der Waals surface area (Å²) in [6.07, 6.45) is 1.25. The Morgan fingerprint density at radius 2 is 1.70 bits per heavy atom. The molecule has 0 saturated carbocycles. The molecule has 160 valence electrons. The quantitative estimate of drug-likeness (QED) is 0.730. The first-order valence-corrected chi connectivity index (χ1v) is 11.7. The Morgan fingerprint density at radius 1 is 1.00 bits per heavy atom. The van der Waals surface area contributed by atoms with Crippen molar-refractivity contribution >= 4 is 16.1 Å². The monoisotopic (exact) mass is 431 g/mol. The number of hydrogen-bond acceptors (Lipinski definition) is 3. The molecular formula is C22H26FN3O3S. The number of piperidine rings is 1. The molecule has 8 heteroatoms. The molecule has 0 N–H and O–H groups in total. The van der Waals surface area contributed by atoms with Gasteiger partial charge in [-0.1, -0.05) is 24.3 Å². The average Bonchev–Trinajstić information content (AvgIpc) is 3.10. The van der Waals surface area contributed by atoms with E-state index >= 15 is 0 Å². The number of urea groups is 1. The topological polar surface area (TPSA) is 60.9 Å². The van der Waals surface area contributed by atoms with Gasteiger partial charge in [-0.2, -0.15) is 4.31 Å². The van der Waals surface area contributed by atoms with Crippen molar-refractivity contribution in [2.24, 2.45) is 0 Å². The summed E-state index contributed by atoms with van der Waals surface area (Å²) in [4.78, 5) is 16.8. The van der Waals surface area contributed by atoms with Crippen LogP contribution < -0.4 is 0 Å². The predicted octanol–water partition coefficient (Wildman–Crippen LogP) is 3.23. The van der Waals surface area contributed by atoms with Crippen molar-refractivity contribution in [2.45, 2.75) is 37.2 Å². The number of rotatable bonds is 5. The fraction of sp³-hybridized carbons (Fsp3) is 0.409. The Labute approximate surface area is 176 Å². The minimum absolute atomic E-state index is 0.0284. The highest BCUT2D eigenvalue weighted by Gasteiger charge is 2.37. The molecule has 2 heterocycles. The van der Waals surface area contributed by atoms with E-state index in [1.165, 1.54) is 16.4 Å². The summed E-state index contributed by atoms with van der Waals surface area (Å²) in [6.45, 7) is 4.40. The molecule has 0 aliphatic carbocycles. The van der Waals surface area contributed by atoms with Crippen molar-refractivity contribution in [1.82, 2.24) is 14.1 Å². The van der Waals surface area contributed by atoms with E-state index in [9.17, 15) is 17.6 Å². The van der Waals surface area contributed by atoms with Gasteiger partial charge in [0.25, 0.3) is 0 Å². The maximum absolute atomic E-state index is 13.1. The second-order valence-electron chi connectivity index (χ2n) is 7.98. The lowest BCUT2D eigenvalue weighted by Gasteiger charge is -2.36. The number of amides is 2. The summed E-state index contributed by atoms with van der Waals surface area (Å²) in [5.74, 6) is -0.291. The van der Waals surface area contributed by atoms with Gasteiger partial charge < -0.3 is 9.80 Å². The van der Waals surface area contributed by atoms with E-state index in [1.807, 2.05) is 17.9 Å². The van der Waals surface area contributed by atoms with Crippen LogP contribution in [0.3, 0.4) is 0 Å². The predicted molar refractivity (Wildman–Crippen MR) is 112 cm³/mol. The lowest BCUT2D eigenvalue weighted by molar-refractivity contribution is 0.153. The fourth-order valence-electron chi connectivity index (χ4n) is 4.22. The fourth-order valence-corrected chi connectivity index (χ4v) is 5.79. The largest absolute Gasteiger partial charge is 0.320 e. The van der Waals surface area contributed by atoms with Crippen LogP contribution in [0.5, 0.6) is 0 Å². The molecule has 2 aliphatic rings. The number of hydrogen-bond donors (Lipinski definition) is 0. The third-order valence-electron chi connectivity index (χ3n) is 5.91. The van der Waals surface area contributed by atoms with Gasteiger partial charge in [0.05, 0.1) is 4.90 Å². The van der Waals surface area contributed by atoms with E-state index in [2.05, 4.69) is 0 Å². The standard InChI is InChI=1S/C22H26FN3O3S/c1-17-3-2-4-21(15-17)30(28,29)25-11-9-20(10-12-25)26-14-13-24(22(26)27)16-18-5-7-19(23)8-6-18/h2-8,15,20H,9-14,16H2,1H3. The third kappa shape index (κ3) is 4.20. The SMILES string of the molecule is Cc1cccc(S(=O)(=O)N2CCC(N3CCN(Cc4ccc(F)cc4)C3=O)CC2)c1. The zero-order chi connectivity index (χ0) is 21.3. The molecule has 0 atom stereocenters. The van der Waals surface area contributed by atoms with Crippen LogP contribution in [0.1, 0.15) is 24.0 Å². The van der Waals surface area contributed by atoms with Crippen LogP contribution >= 0.6 is 0 Å². The van der Waals surface area contributed by atoms with E-state index in [0.717, 1.165) is 11.1 Å². The van der Waals surface area contributed by atoms with E-state index < -0.39 is 10.0 Å². The highest BCUT2D eigenvalue weighted by Crippen LogP contribution is 2.26. The molecule has 2 aromatic carbocycles. The molecule has 0 spiro atoms. The lowest BCUT2D eigenvalue weighted by Crippen LogP contribution is -2.47. The molecule has 2 fully saturated rings. The molecule has 2 saturated heterocycles. The van der Waals surface area contributed by atoms with Crippen LogP contribution in [0, 0.1) is 12.7 Å². The summed E-state index contributed by atoms with van der Waals surface area (Å²) in [6, 6.07) is 13.2. The summed E-state index contributed by atoms with van der Waals surface area (Å²) >= 11 is 0. The third-order valence-corrected chi connectivity index (χ3v) is 7.80. The molecule has 0 aromatic heterocycles. The van der Waals surface area contributed by atoms with Gasteiger partial charge in [-0.05, 0) is 55.2 Å². The van der Waals surface area contributed by atoms with Gasteiger partial charge in [0, 0.05) is 38.8 Å². The highest BCUT2D eigenvalue weighted by molar-refractivity contribution is 7.89. The Balaban J connectivity index is 1.36. The van der Waals surface area contributed by atoms with E-state index in [0.29, 0.717) is 50.5 Å². The molecule has 2 aromatic rings. The zero-order valence-corrected chi connectivity index (χ0v) is 17.8. The summed E-state index contributed by atoms with van der Waals surface area (Å²) in [7, 11) is -3.51. The number of carbonyl (C=O) groups excluding carboxylic acids is 1. The highest BCUT2D eigenvalue weighted by atomic mass is 32.2. The summed E-state index contributed by atoms with van der Waals surface area (Å²) in [5.41, 5.74) is 1.81. The van der Waals surface area contributed by atoms with Crippen LogP contribution in [0.15, 0.2) is 53.4 Å². The van der Waals surface area contributed by atoms with Crippen molar-refractivity contribution in [3.05, 3.63) is 65.5 Å². The minimum Gasteiger partial charge on any atom is -0.320 e. The Hall–Kier alpha value is -2.45. The van der Waals surface area contributed by atoms with E-state index in [-0.39, 0.29) is 17.9 Å². The molecular weight excluding hydrogens is 405 g/mol. The second kappa shape index (κ2) is 8.35. The van der Waals surface area contributed by atoms with Gasteiger partial charge in [0.1, 0.15) is 5.82 Å². The van der Waals surface area contributed by atoms with Gasteiger partial charge in [-0.3, -0.25) is 0 Å². The van der Waals surface area contributed by atoms with Gasteiger partial charge in [-0.15, -0.1) is 0 Å². The molecule has 30 heavy (non-hydrogen) atoms. The maximum atomic E-state index is 13.1. The van der Waals surface area contributed by atoms with Crippen molar-refractivity contribution in [2.75, 3.05) is 26.2 Å². The van der Waals surface area contributed by atoms with Crippen molar-refractivity contribution in [3.8, 4) is 0 Å². The molecule has 2 amide bonds. The van der Waals surface area contributed by atoms with Crippen LogP contribution in [-0.4, -0.2) is 60.8 Å². The van der Waals surface area contributed by atoms with Crippen molar-refractivity contribution in [3.63, 3.8) is 0 Å². The first-order valence-electron chi connectivity index (χ1n) is 10.2. The summed E-state index contributed by atoms with van der Waals surface area (Å²) < 4.78 is 40.5. The smallest absolute Gasteiger partial charge is 0.320 e. The van der Waals surface area contributed by atoms with E-state index in [4.69, 9.17) is 0 Å². The zero-order valence-electron chi connectivity index (χ0n) is 17.0. The average molecular weight is 432 g/mol. The molecule has 0 bridgehead atoms. The van der Waals surface area contributed by atoms with Gasteiger partial charge in [0.15, 0.2) is 0 Å². The summed E-state index contributed by atoms with van der Waals surface area (Å²) in [5, 5.41) is 0. The molecule has 0 unspecified atom stereocenters. The minimum atomic E-state index is -3.51. The van der Waals surface area contributed by atoms with Crippen LogP contribution in [0.4, 0.5) is 9.18 Å². The van der Waals surface area contributed by atoms with Crippen molar-refractivity contribution in [1.29, 1.82) is 0 Å². The Bertz CT molecular complexity index is 1020. The molecule has 4 rings (SSSR count). The number of halogens is 1. The van der Waals surface area contributed by atoms with Gasteiger partial charge >= 0.3 is 6.03 Å². The maximum Gasteiger partial charge on any atom is 0.320 e. The van der Waals surface area contributed by atoms with Gasteiger partial charge in [-0.25, -0.2) is 17.6 Å². The molecule has 2 aliphatic heterocycles. The number of sulfonamides is 1. The Morgan fingerprint density at radius 3 is 2.37 bits per heavy atom. The molecule has 0 radical (unpaired) electrons. The van der Waals surface area contributed by atoms with Gasteiger partial charge in [0.2, 0.25) is 10.0 Å². The van der Waals surface area contributed by atoms with Crippen LogP contribution in [0.2, 0.25) is 0 Å². The first kappa shape index (κ1) is 20.8. The van der Waals surface area contributed by atoms with E-state index in [1.54, 1.807) is 35.2 Å². The van der Waals surface area contributed by atoms with Crippen LogP contribution in [0.25, 0.3) is 0 Å². The number of carbonyl (C=O) groups is 1. The Kier molecular flexibility index (Phi) is 5.79. The van der Waals surface area contributed by atoms with Crippen LogP contribution in [-0.2, 0) is 16.6 Å². The normalized spacial score (nSPS) is 18.9. The second-order valence-corrected chi connectivity index (χ2v) is 9.91.